The summed E-state index contributed by atoms with van der Waals surface area (Å²) in [6.45, 7) is 0.539. The van der Waals surface area contributed by atoms with Crippen LogP contribution in [0.15, 0.2) is 60.0 Å². The van der Waals surface area contributed by atoms with Crippen molar-refractivity contribution >= 4 is 22.2 Å². The lowest BCUT2D eigenvalue weighted by atomic mass is 10.2. The van der Waals surface area contributed by atoms with E-state index in [1.54, 1.807) is 30.6 Å². The Morgan fingerprint density at radius 3 is 2.67 bits per heavy atom. The van der Waals surface area contributed by atoms with E-state index in [1.165, 1.54) is 0 Å². The summed E-state index contributed by atoms with van der Waals surface area (Å²) in [4.78, 5) is 17.6. The predicted octanol–water partition coefficient (Wildman–Crippen LogP) is 3.44. The zero-order valence-corrected chi connectivity index (χ0v) is 15.6. The molecular weight excluding hydrogens is 360 g/mol. The first-order valence-electron chi connectivity index (χ1n) is 8.55. The van der Waals surface area contributed by atoms with Crippen LogP contribution >= 0.6 is 11.3 Å². The van der Waals surface area contributed by atoms with Crippen LogP contribution in [0.4, 0.5) is 0 Å². The van der Waals surface area contributed by atoms with Crippen LogP contribution in [0.3, 0.4) is 0 Å². The average Bonchev–Trinajstić information content (AvgIpc) is 3.30. The van der Waals surface area contributed by atoms with Crippen LogP contribution in [0.2, 0.25) is 0 Å². The van der Waals surface area contributed by atoms with Crippen LogP contribution in [0, 0.1) is 0 Å². The SMILES string of the molecule is COc1ccc(-c2nc3scc(CCNC(=O)c4ccccc4)n3n2)cc1. The Labute approximate surface area is 160 Å². The molecule has 7 heteroatoms. The number of benzene rings is 2. The largest absolute Gasteiger partial charge is 0.497 e. The van der Waals surface area contributed by atoms with Gasteiger partial charge < -0.3 is 10.1 Å². The van der Waals surface area contributed by atoms with Crippen LogP contribution in [0.25, 0.3) is 16.3 Å². The van der Waals surface area contributed by atoms with Gasteiger partial charge in [0.1, 0.15) is 5.75 Å². The third-order valence-corrected chi connectivity index (χ3v) is 5.07. The zero-order chi connectivity index (χ0) is 18.6. The highest BCUT2D eigenvalue weighted by Gasteiger charge is 2.12. The van der Waals surface area contributed by atoms with Gasteiger partial charge in [-0.2, -0.15) is 4.98 Å². The minimum absolute atomic E-state index is 0.0698. The molecule has 0 saturated heterocycles. The Hall–Kier alpha value is -3.19. The van der Waals surface area contributed by atoms with E-state index in [2.05, 4.69) is 15.4 Å². The minimum atomic E-state index is -0.0698. The Kier molecular flexibility index (Phi) is 4.84. The van der Waals surface area contributed by atoms with Gasteiger partial charge in [-0.05, 0) is 36.4 Å². The summed E-state index contributed by atoms with van der Waals surface area (Å²) in [5, 5.41) is 9.59. The summed E-state index contributed by atoms with van der Waals surface area (Å²) in [6.07, 6.45) is 0.685. The summed E-state index contributed by atoms with van der Waals surface area (Å²) in [5.41, 5.74) is 2.63. The fourth-order valence-corrected chi connectivity index (χ4v) is 3.61. The van der Waals surface area contributed by atoms with Gasteiger partial charge in [0.25, 0.3) is 5.91 Å². The van der Waals surface area contributed by atoms with E-state index in [0.717, 1.165) is 22.0 Å². The number of carbonyl (C=O) groups is 1. The van der Waals surface area contributed by atoms with Crippen molar-refractivity contribution in [3.8, 4) is 17.1 Å². The molecule has 0 radical (unpaired) electrons. The van der Waals surface area contributed by atoms with Gasteiger partial charge in [0, 0.05) is 29.5 Å². The van der Waals surface area contributed by atoms with Crippen LogP contribution in [-0.2, 0) is 6.42 Å². The second-order valence-corrected chi connectivity index (χ2v) is 6.79. The van der Waals surface area contributed by atoms with Gasteiger partial charge in [-0.25, -0.2) is 4.52 Å². The number of methoxy groups -OCH3 is 1. The van der Waals surface area contributed by atoms with E-state index < -0.39 is 0 Å². The summed E-state index contributed by atoms with van der Waals surface area (Å²) in [5.74, 6) is 1.41. The number of nitrogens with one attached hydrogen (secondary N) is 1. The third kappa shape index (κ3) is 3.68. The number of ether oxygens (including phenoxy) is 1. The molecule has 0 saturated carbocycles. The molecule has 4 rings (SSSR count). The molecule has 0 unspecified atom stereocenters. The highest BCUT2D eigenvalue weighted by Crippen LogP contribution is 2.23. The number of carbonyl (C=O) groups excluding carboxylic acids is 1. The summed E-state index contributed by atoms with van der Waals surface area (Å²) >= 11 is 1.54. The van der Waals surface area contributed by atoms with E-state index in [9.17, 15) is 4.79 Å². The molecule has 0 atom stereocenters. The molecule has 0 bridgehead atoms. The number of aromatic nitrogens is 3. The molecule has 0 fully saturated rings. The lowest BCUT2D eigenvalue weighted by molar-refractivity contribution is 0.0954. The zero-order valence-electron chi connectivity index (χ0n) is 14.8. The number of fused-ring (bicyclic) bond motifs is 1. The molecule has 1 amide bonds. The number of rotatable bonds is 6. The van der Waals surface area contributed by atoms with E-state index in [-0.39, 0.29) is 5.91 Å². The highest BCUT2D eigenvalue weighted by molar-refractivity contribution is 7.15. The van der Waals surface area contributed by atoms with Crippen molar-refractivity contribution in [2.24, 2.45) is 0 Å². The maximum atomic E-state index is 12.1. The van der Waals surface area contributed by atoms with Crippen molar-refractivity contribution < 1.29 is 9.53 Å². The van der Waals surface area contributed by atoms with Crippen LogP contribution in [0.1, 0.15) is 16.1 Å². The van der Waals surface area contributed by atoms with E-state index >= 15 is 0 Å². The fourth-order valence-electron chi connectivity index (χ4n) is 2.75. The van der Waals surface area contributed by atoms with Gasteiger partial charge in [0.2, 0.25) is 4.96 Å². The van der Waals surface area contributed by atoms with Gasteiger partial charge in [0.05, 0.1) is 12.8 Å². The Morgan fingerprint density at radius 2 is 1.93 bits per heavy atom. The second-order valence-electron chi connectivity index (χ2n) is 5.96. The van der Waals surface area contributed by atoms with Gasteiger partial charge >= 0.3 is 0 Å². The van der Waals surface area contributed by atoms with Crippen LogP contribution in [0.5, 0.6) is 5.75 Å². The molecule has 1 N–H and O–H groups in total. The fraction of sp³-hybridized carbons (Fsp3) is 0.150. The van der Waals surface area contributed by atoms with Crippen molar-refractivity contribution in [2.75, 3.05) is 13.7 Å². The molecule has 0 spiro atoms. The Balaban J connectivity index is 1.45. The molecule has 0 aliphatic carbocycles. The molecule has 6 nitrogen and oxygen atoms in total. The number of hydrogen-bond donors (Lipinski definition) is 1. The standard InChI is InChI=1S/C20H18N4O2S/c1-26-17-9-7-14(8-10-17)18-22-20-24(23-18)16(13-27-20)11-12-21-19(25)15-5-3-2-4-6-15/h2-10,13H,11-12H2,1H3,(H,21,25). The van der Waals surface area contributed by atoms with Gasteiger partial charge in [-0.15, -0.1) is 16.4 Å². The van der Waals surface area contributed by atoms with Crippen molar-refractivity contribution in [3.05, 3.63) is 71.2 Å². The quantitative estimate of drug-likeness (QED) is 0.558. The van der Waals surface area contributed by atoms with Crippen molar-refractivity contribution in [3.63, 3.8) is 0 Å². The first-order valence-corrected chi connectivity index (χ1v) is 9.43. The third-order valence-electron chi connectivity index (χ3n) is 4.20. The first-order chi connectivity index (χ1) is 13.2. The monoisotopic (exact) mass is 378 g/mol. The smallest absolute Gasteiger partial charge is 0.251 e. The van der Waals surface area contributed by atoms with Gasteiger partial charge in [-0.3, -0.25) is 4.79 Å². The molecule has 2 aromatic heterocycles. The minimum Gasteiger partial charge on any atom is -0.497 e. The maximum Gasteiger partial charge on any atom is 0.251 e. The van der Waals surface area contributed by atoms with Crippen molar-refractivity contribution in [1.82, 2.24) is 19.9 Å². The molecule has 2 aromatic carbocycles. The van der Waals surface area contributed by atoms with Crippen LogP contribution < -0.4 is 10.1 Å². The average molecular weight is 378 g/mol. The number of amides is 1. The summed E-state index contributed by atoms with van der Waals surface area (Å²) in [7, 11) is 1.64. The van der Waals surface area contributed by atoms with Crippen molar-refractivity contribution in [1.29, 1.82) is 0 Å². The second kappa shape index (κ2) is 7.59. The molecule has 4 aromatic rings. The first kappa shape index (κ1) is 17.2. The topological polar surface area (TPSA) is 68.5 Å². The number of nitrogens with zero attached hydrogens (tertiary/aromatic N) is 3. The lowest BCUT2D eigenvalue weighted by Gasteiger charge is -2.04. The molecule has 136 valence electrons. The summed E-state index contributed by atoms with van der Waals surface area (Å²) < 4.78 is 7.03. The highest BCUT2D eigenvalue weighted by atomic mass is 32.1. The molecule has 27 heavy (non-hydrogen) atoms. The van der Waals surface area contributed by atoms with E-state index in [1.807, 2.05) is 52.4 Å². The Bertz CT molecular complexity index is 1050. The lowest BCUT2D eigenvalue weighted by Crippen LogP contribution is -2.25. The number of thiazole rings is 1. The van der Waals surface area contributed by atoms with Gasteiger partial charge in [0.15, 0.2) is 5.82 Å². The Morgan fingerprint density at radius 1 is 1.15 bits per heavy atom. The normalized spacial score (nSPS) is 10.9. The predicted molar refractivity (Wildman–Crippen MR) is 105 cm³/mol. The summed E-state index contributed by atoms with van der Waals surface area (Å²) in [6, 6.07) is 16.9. The van der Waals surface area contributed by atoms with E-state index in [0.29, 0.717) is 24.4 Å². The van der Waals surface area contributed by atoms with Crippen molar-refractivity contribution in [2.45, 2.75) is 6.42 Å². The number of hydrogen-bond acceptors (Lipinski definition) is 5. The molecular formula is C20H18N4O2S. The van der Waals surface area contributed by atoms with E-state index in [4.69, 9.17) is 4.74 Å². The molecule has 2 heterocycles. The van der Waals surface area contributed by atoms with Crippen LogP contribution in [-0.4, -0.2) is 34.2 Å². The molecule has 0 aliphatic rings. The maximum absolute atomic E-state index is 12.1. The van der Waals surface area contributed by atoms with Gasteiger partial charge in [-0.1, -0.05) is 18.2 Å². The molecule has 0 aliphatic heterocycles.